The standard InChI is InChI=1S/C14H21NO2.H3NO/c16-12-13-4-6-14(7-5-13)17-11-10-15-8-2-1-3-9-15;1-2/h4-7,16H,1-3,8-12H2;2H,1H2. The zero-order valence-corrected chi connectivity index (χ0v) is 11.3. The average Bonchev–Trinajstić information content (AvgIpc) is 2.51. The summed E-state index contributed by atoms with van der Waals surface area (Å²) in [6, 6.07) is 7.63. The zero-order chi connectivity index (χ0) is 13.9. The third-order valence-corrected chi connectivity index (χ3v) is 3.23. The molecule has 1 fully saturated rings. The van der Waals surface area contributed by atoms with E-state index in [1.807, 2.05) is 24.3 Å². The van der Waals surface area contributed by atoms with Gasteiger partial charge in [-0.2, -0.15) is 0 Å². The predicted molar refractivity (Wildman–Crippen MR) is 74.1 cm³/mol. The summed E-state index contributed by atoms with van der Waals surface area (Å²) < 4.78 is 5.68. The first kappa shape index (κ1) is 15.9. The number of aliphatic hydroxyl groups is 1. The summed E-state index contributed by atoms with van der Waals surface area (Å²) in [5.41, 5.74) is 0.924. The summed E-state index contributed by atoms with van der Waals surface area (Å²) in [6.45, 7) is 4.29. The first-order valence-electron chi connectivity index (χ1n) is 6.69. The van der Waals surface area contributed by atoms with Crippen LogP contribution in [-0.4, -0.2) is 41.5 Å². The lowest BCUT2D eigenvalue weighted by Crippen LogP contribution is -2.33. The number of ether oxygens (including phenoxy) is 1. The maximum atomic E-state index is 8.93. The maximum absolute atomic E-state index is 8.93. The summed E-state index contributed by atoms with van der Waals surface area (Å²) in [5.74, 6) is 4.39. The maximum Gasteiger partial charge on any atom is 0.119 e. The fourth-order valence-electron chi connectivity index (χ4n) is 2.17. The van der Waals surface area contributed by atoms with Crippen molar-refractivity contribution in [3.05, 3.63) is 29.8 Å². The molecule has 0 amide bonds. The molecule has 1 aromatic carbocycles. The van der Waals surface area contributed by atoms with Crippen molar-refractivity contribution in [2.75, 3.05) is 26.2 Å². The Labute approximate surface area is 114 Å². The highest BCUT2D eigenvalue weighted by atomic mass is 16.5. The Morgan fingerprint density at radius 2 is 1.68 bits per heavy atom. The lowest BCUT2D eigenvalue weighted by atomic mass is 10.1. The quantitative estimate of drug-likeness (QED) is 0.703. The SMILES string of the molecule is NO.OCc1ccc(OCCN2CCCCC2)cc1. The highest BCUT2D eigenvalue weighted by Crippen LogP contribution is 2.13. The third kappa shape index (κ3) is 6.02. The molecule has 0 spiro atoms. The first-order valence-corrected chi connectivity index (χ1v) is 6.69. The molecule has 0 aliphatic carbocycles. The van der Waals surface area contributed by atoms with E-state index in [-0.39, 0.29) is 6.61 Å². The molecule has 0 atom stereocenters. The van der Waals surface area contributed by atoms with Crippen molar-refractivity contribution in [1.29, 1.82) is 0 Å². The lowest BCUT2D eigenvalue weighted by molar-refractivity contribution is 0.183. The van der Waals surface area contributed by atoms with Gasteiger partial charge in [0, 0.05) is 6.54 Å². The van der Waals surface area contributed by atoms with Crippen molar-refractivity contribution < 1.29 is 15.1 Å². The van der Waals surface area contributed by atoms with Crippen LogP contribution in [0.3, 0.4) is 0 Å². The van der Waals surface area contributed by atoms with E-state index in [2.05, 4.69) is 10.8 Å². The molecule has 1 aromatic rings. The smallest absolute Gasteiger partial charge is 0.119 e. The van der Waals surface area contributed by atoms with Crippen molar-refractivity contribution in [3.8, 4) is 5.75 Å². The minimum atomic E-state index is 0.0913. The predicted octanol–water partition coefficient (Wildman–Crippen LogP) is 1.38. The topological polar surface area (TPSA) is 79.0 Å². The Hall–Kier alpha value is -1.14. The van der Waals surface area contributed by atoms with Gasteiger partial charge in [0.1, 0.15) is 12.4 Å². The van der Waals surface area contributed by atoms with E-state index in [1.54, 1.807) is 0 Å². The Morgan fingerprint density at radius 3 is 2.26 bits per heavy atom. The second kappa shape index (κ2) is 9.75. The summed E-state index contributed by atoms with van der Waals surface area (Å²) >= 11 is 0. The molecule has 1 aliphatic heterocycles. The Bertz CT molecular complexity index is 324. The van der Waals surface area contributed by atoms with Crippen LogP contribution in [0.2, 0.25) is 0 Å². The molecule has 5 nitrogen and oxygen atoms in total. The minimum Gasteiger partial charge on any atom is -0.492 e. The van der Waals surface area contributed by atoms with Crippen molar-refractivity contribution in [2.24, 2.45) is 5.90 Å². The van der Waals surface area contributed by atoms with E-state index in [9.17, 15) is 0 Å². The molecule has 1 saturated heterocycles. The van der Waals surface area contributed by atoms with Gasteiger partial charge in [-0.3, -0.25) is 4.90 Å². The molecular formula is C14H24N2O3. The number of benzene rings is 1. The highest BCUT2D eigenvalue weighted by Gasteiger charge is 2.09. The molecule has 0 saturated carbocycles. The number of likely N-dealkylation sites (tertiary alicyclic amines) is 1. The van der Waals surface area contributed by atoms with Crippen LogP contribution in [0.4, 0.5) is 0 Å². The van der Waals surface area contributed by atoms with Gasteiger partial charge in [-0.1, -0.05) is 18.6 Å². The van der Waals surface area contributed by atoms with Gasteiger partial charge < -0.3 is 15.1 Å². The molecule has 19 heavy (non-hydrogen) atoms. The van der Waals surface area contributed by atoms with Crippen LogP contribution in [0.5, 0.6) is 5.75 Å². The number of hydrogen-bond acceptors (Lipinski definition) is 5. The largest absolute Gasteiger partial charge is 0.492 e. The molecule has 0 aromatic heterocycles. The van der Waals surface area contributed by atoms with Gasteiger partial charge in [0.25, 0.3) is 0 Å². The van der Waals surface area contributed by atoms with E-state index in [0.717, 1.165) is 24.5 Å². The third-order valence-electron chi connectivity index (χ3n) is 3.23. The van der Waals surface area contributed by atoms with Gasteiger partial charge in [0.2, 0.25) is 0 Å². The molecule has 108 valence electrons. The zero-order valence-electron chi connectivity index (χ0n) is 11.3. The van der Waals surface area contributed by atoms with Crippen molar-refractivity contribution in [2.45, 2.75) is 25.9 Å². The molecule has 0 bridgehead atoms. The molecule has 2 rings (SSSR count). The van der Waals surface area contributed by atoms with Crippen LogP contribution in [-0.2, 0) is 6.61 Å². The van der Waals surface area contributed by atoms with Gasteiger partial charge in [-0.15, -0.1) is 0 Å². The van der Waals surface area contributed by atoms with Crippen LogP contribution in [0, 0.1) is 0 Å². The van der Waals surface area contributed by atoms with E-state index in [4.69, 9.17) is 15.1 Å². The monoisotopic (exact) mass is 268 g/mol. The minimum absolute atomic E-state index is 0.0913. The number of piperidine rings is 1. The Kier molecular flexibility index (Phi) is 8.16. The van der Waals surface area contributed by atoms with E-state index in [1.165, 1.54) is 32.4 Å². The van der Waals surface area contributed by atoms with Gasteiger partial charge in [-0.25, -0.2) is 5.90 Å². The average molecular weight is 268 g/mol. The van der Waals surface area contributed by atoms with Crippen LogP contribution >= 0.6 is 0 Å². The fourth-order valence-corrected chi connectivity index (χ4v) is 2.17. The van der Waals surface area contributed by atoms with Gasteiger partial charge >= 0.3 is 0 Å². The second-order valence-corrected chi connectivity index (χ2v) is 4.55. The summed E-state index contributed by atoms with van der Waals surface area (Å²) in [4.78, 5) is 2.46. The summed E-state index contributed by atoms with van der Waals surface area (Å²) in [5, 5.41) is 15.4. The van der Waals surface area contributed by atoms with Crippen LogP contribution in [0.15, 0.2) is 24.3 Å². The van der Waals surface area contributed by atoms with Crippen LogP contribution in [0.1, 0.15) is 24.8 Å². The van der Waals surface area contributed by atoms with Gasteiger partial charge in [0.05, 0.1) is 6.61 Å². The number of aliphatic hydroxyl groups excluding tert-OH is 1. The summed E-state index contributed by atoms with van der Waals surface area (Å²) in [6.07, 6.45) is 4.02. The van der Waals surface area contributed by atoms with E-state index < -0.39 is 0 Å². The number of nitrogens with two attached hydrogens (primary N) is 1. The van der Waals surface area contributed by atoms with Crippen molar-refractivity contribution in [1.82, 2.24) is 4.90 Å². The molecule has 1 heterocycles. The first-order chi connectivity index (χ1) is 9.38. The number of rotatable bonds is 5. The van der Waals surface area contributed by atoms with Gasteiger partial charge in [-0.05, 0) is 43.6 Å². The van der Waals surface area contributed by atoms with Crippen LogP contribution in [0.25, 0.3) is 0 Å². The van der Waals surface area contributed by atoms with Crippen LogP contribution < -0.4 is 10.6 Å². The van der Waals surface area contributed by atoms with E-state index in [0.29, 0.717) is 0 Å². The molecule has 0 unspecified atom stereocenters. The number of hydrogen-bond donors (Lipinski definition) is 3. The van der Waals surface area contributed by atoms with Crippen molar-refractivity contribution >= 4 is 0 Å². The van der Waals surface area contributed by atoms with Gasteiger partial charge in [0.15, 0.2) is 0 Å². The highest BCUT2D eigenvalue weighted by molar-refractivity contribution is 5.26. The lowest BCUT2D eigenvalue weighted by Gasteiger charge is -2.26. The Balaban J connectivity index is 0.000000861. The molecule has 0 radical (unpaired) electrons. The fraction of sp³-hybridized carbons (Fsp3) is 0.571. The molecule has 1 aliphatic rings. The molecule has 4 N–H and O–H groups in total. The molecular weight excluding hydrogens is 244 g/mol. The molecule has 5 heteroatoms. The van der Waals surface area contributed by atoms with Crippen molar-refractivity contribution in [3.63, 3.8) is 0 Å². The van der Waals surface area contributed by atoms with E-state index >= 15 is 0 Å². The normalized spacial score (nSPS) is 15.5. The number of nitrogens with zero attached hydrogens (tertiary/aromatic N) is 1. The summed E-state index contributed by atoms with van der Waals surface area (Å²) in [7, 11) is 0. The second-order valence-electron chi connectivity index (χ2n) is 4.55. The Morgan fingerprint density at radius 1 is 1.05 bits per heavy atom.